The zero-order valence-corrected chi connectivity index (χ0v) is 11.7. The SMILES string of the molecule is CCCCC1CCC(C(O)c2ccncc2F)CC1. The number of pyridine rings is 1. The van der Waals surface area contributed by atoms with Crippen LogP contribution >= 0.6 is 0 Å². The van der Waals surface area contributed by atoms with Crippen LogP contribution in [0.3, 0.4) is 0 Å². The van der Waals surface area contributed by atoms with E-state index in [0.717, 1.165) is 18.8 Å². The smallest absolute Gasteiger partial charge is 0.147 e. The number of aromatic nitrogens is 1. The van der Waals surface area contributed by atoms with Gasteiger partial charge in [0.25, 0.3) is 0 Å². The van der Waals surface area contributed by atoms with Crippen LogP contribution < -0.4 is 0 Å². The van der Waals surface area contributed by atoms with Gasteiger partial charge in [-0.15, -0.1) is 0 Å². The van der Waals surface area contributed by atoms with E-state index in [1.165, 1.54) is 38.3 Å². The molecule has 2 rings (SSSR count). The van der Waals surface area contributed by atoms with Gasteiger partial charge in [-0.05, 0) is 30.7 Å². The number of halogens is 1. The molecule has 1 atom stereocenters. The molecular formula is C16H24FNO. The number of rotatable bonds is 5. The van der Waals surface area contributed by atoms with Crippen molar-refractivity contribution in [1.82, 2.24) is 4.98 Å². The first-order valence-corrected chi connectivity index (χ1v) is 7.49. The lowest BCUT2D eigenvalue weighted by atomic mass is 9.76. The highest BCUT2D eigenvalue weighted by Crippen LogP contribution is 2.38. The van der Waals surface area contributed by atoms with Gasteiger partial charge in [-0.2, -0.15) is 0 Å². The van der Waals surface area contributed by atoms with Crippen LogP contribution in [0.5, 0.6) is 0 Å². The largest absolute Gasteiger partial charge is 0.388 e. The van der Waals surface area contributed by atoms with Crippen LogP contribution in [0.2, 0.25) is 0 Å². The molecule has 0 saturated heterocycles. The van der Waals surface area contributed by atoms with Gasteiger partial charge in [0.05, 0.1) is 12.3 Å². The van der Waals surface area contributed by atoms with E-state index in [1.54, 1.807) is 12.3 Å². The van der Waals surface area contributed by atoms with Crippen LogP contribution in [0.25, 0.3) is 0 Å². The van der Waals surface area contributed by atoms with E-state index in [4.69, 9.17) is 0 Å². The molecule has 1 heterocycles. The Balaban J connectivity index is 1.89. The lowest BCUT2D eigenvalue weighted by Gasteiger charge is -2.31. The highest BCUT2D eigenvalue weighted by atomic mass is 19.1. The van der Waals surface area contributed by atoms with Crippen molar-refractivity contribution in [2.45, 2.75) is 58.0 Å². The molecule has 1 saturated carbocycles. The summed E-state index contributed by atoms with van der Waals surface area (Å²) in [5.41, 5.74) is 0.409. The molecule has 1 fully saturated rings. The van der Waals surface area contributed by atoms with Crippen LogP contribution in [0.4, 0.5) is 4.39 Å². The second-order valence-corrected chi connectivity index (χ2v) is 5.77. The van der Waals surface area contributed by atoms with E-state index < -0.39 is 6.10 Å². The summed E-state index contributed by atoms with van der Waals surface area (Å²) < 4.78 is 13.6. The van der Waals surface area contributed by atoms with Crippen LogP contribution in [0, 0.1) is 17.7 Å². The third kappa shape index (κ3) is 3.75. The highest BCUT2D eigenvalue weighted by Gasteiger charge is 2.28. The number of nitrogens with zero attached hydrogens (tertiary/aromatic N) is 1. The van der Waals surface area contributed by atoms with Crippen LogP contribution in [-0.2, 0) is 0 Å². The van der Waals surface area contributed by atoms with Crippen molar-refractivity contribution < 1.29 is 9.50 Å². The maximum Gasteiger partial charge on any atom is 0.147 e. The van der Waals surface area contributed by atoms with E-state index in [2.05, 4.69) is 11.9 Å². The summed E-state index contributed by atoms with van der Waals surface area (Å²) in [6.45, 7) is 2.22. The normalized spacial score (nSPS) is 25.2. The minimum absolute atomic E-state index is 0.203. The summed E-state index contributed by atoms with van der Waals surface area (Å²) in [6.07, 6.45) is 10.3. The third-order valence-electron chi connectivity index (χ3n) is 4.43. The molecule has 0 aromatic carbocycles. The van der Waals surface area contributed by atoms with E-state index in [9.17, 15) is 9.50 Å². The van der Waals surface area contributed by atoms with Gasteiger partial charge in [0.15, 0.2) is 0 Å². The molecule has 19 heavy (non-hydrogen) atoms. The van der Waals surface area contributed by atoms with Gasteiger partial charge in [-0.3, -0.25) is 4.98 Å². The fourth-order valence-electron chi connectivity index (χ4n) is 3.17. The molecule has 1 unspecified atom stereocenters. The second kappa shape index (κ2) is 6.99. The molecule has 0 aliphatic heterocycles. The third-order valence-corrected chi connectivity index (χ3v) is 4.43. The first kappa shape index (κ1) is 14.4. The standard InChI is InChI=1S/C16H24FNO/c1-2-3-4-12-5-7-13(8-6-12)16(19)14-9-10-18-11-15(14)17/h9-13,16,19H,2-8H2,1H3. The average Bonchev–Trinajstić information content (AvgIpc) is 2.45. The number of hydrogen-bond acceptors (Lipinski definition) is 2. The lowest BCUT2D eigenvalue weighted by Crippen LogP contribution is -2.21. The van der Waals surface area contributed by atoms with Crippen molar-refractivity contribution in [2.75, 3.05) is 0 Å². The topological polar surface area (TPSA) is 33.1 Å². The van der Waals surface area contributed by atoms with Gasteiger partial charge in [0, 0.05) is 11.8 Å². The zero-order chi connectivity index (χ0) is 13.7. The van der Waals surface area contributed by atoms with E-state index in [0.29, 0.717) is 5.56 Å². The summed E-state index contributed by atoms with van der Waals surface area (Å²) in [5, 5.41) is 10.3. The van der Waals surface area contributed by atoms with Gasteiger partial charge >= 0.3 is 0 Å². The molecule has 0 radical (unpaired) electrons. The monoisotopic (exact) mass is 265 g/mol. The summed E-state index contributed by atoms with van der Waals surface area (Å²) >= 11 is 0. The lowest BCUT2D eigenvalue weighted by molar-refractivity contribution is 0.0690. The molecule has 1 aliphatic rings. The molecule has 1 aliphatic carbocycles. The molecule has 0 bridgehead atoms. The van der Waals surface area contributed by atoms with Crippen molar-refractivity contribution in [2.24, 2.45) is 11.8 Å². The summed E-state index contributed by atoms with van der Waals surface area (Å²) in [6, 6.07) is 1.60. The Morgan fingerprint density at radius 1 is 1.37 bits per heavy atom. The quantitative estimate of drug-likeness (QED) is 0.863. The van der Waals surface area contributed by atoms with Gasteiger partial charge in [0.1, 0.15) is 5.82 Å². The Morgan fingerprint density at radius 3 is 2.74 bits per heavy atom. The Hall–Kier alpha value is -0.960. The van der Waals surface area contributed by atoms with E-state index >= 15 is 0 Å². The van der Waals surface area contributed by atoms with E-state index in [-0.39, 0.29) is 11.7 Å². The van der Waals surface area contributed by atoms with Crippen molar-refractivity contribution in [3.63, 3.8) is 0 Å². The molecule has 3 heteroatoms. The summed E-state index contributed by atoms with van der Waals surface area (Å²) in [7, 11) is 0. The Kier molecular flexibility index (Phi) is 5.32. The molecule has 0 spiro atoms. The predicted molar refractivity (Wildman–Crippen MR) is 74.1 cm³/mol. The highest BCUT2D eigenvalue weighted by molar-refractivity contribution is 5.16. The predicted octanol–water partition coefficient (Wildman–Crippen LogP) is 4.25. The summed E-state index contributed by atoms with van der Waals surface area (Å²) in [5.74, 6) is 0.628. The van der Waals surface area contributed by atoms with Crippen molar-refractivity contribution >= 4 is 0 Å². The minimum atomic E-state index is -0.671. The fraction of sp³-hybridized carbons (Fsp3) is 0.688. The van der Waals surface area contributed by atoms with Crippen molar-refractivity contribution in [3.8, 4) is 0 Å². The molecule has 2 nitrogen and oxygen atoms in total. The van der Waals surface area contributed by atoms with Gasteiger partial charge in [0.2, 0.25) is 0 Å². The number of aliphatic hydroxyl groups excluding tert-OH is 1. The average molecular weight is 265 g/mol. The van der Waals surface area contributed by atoms with Crippen LogP contribution in [-0.4, -0.2) is 10.1 Å². The van der Waals surface area contributed by atoms with Gasteiger partial charge in [-0.25, -0.2) is 4.39 Å². The molecule has 1 aromatic heterocycles. The number of aliphatic hydroxyl groups is 1. The molecule has 0 amide bonds. The first-order valence-electron chi connectivity index (χ1n) is 7.49. The maximum absolute atomic E-state index is 13.6. The fourth-order valence-corrected chi connectivity index (χ4v) is 3.17. The molecular weight excluding hydrogens is 241 g/mol. The van der Waals surface area contributed by atoms with E-state index in [1.807, 2.05) is 0 Å². The van der Waals surface area contributed by atoms with Crippen molar-refractivity contribution in [1.29, 1.82) is 0 Å². The Labute approximate surface area is 115 Å². The number of hydrogen-bond donors (Lipinski definition) is 1. The maximum atomic E-state index is 13.6. The van der Waals surface area contributed by atoms with Crippen LogP contribution in [0.1, 0.15) is 63.5 Å². The van der Waals surface area contributed by atoms with Crippen molar-refractivity contribution in [3.05, 3.63) is 29.8 Å². The second-order valence-electron chi connectivity index (χ2n) is 5.77. The Morgan fingerprint density at radius 2 is 2.11 bits per heavy atom. The van der Waals surface area contributed by atoms with Crippen LogP contribution in [0.15, 0.2) is 18.5 Å². The summed E-state index contributed by atoms with van der Waals surface area (Å²) in [4.78, 5) is 3.73. The Bertz CT molecular complexity index is 388. The molecule has 106 valence electrons. The molecule has 1 N–H and O–H groups in total. The molecule has 1 aromatic rings. The first-order chi connectivity index (χ1) is 9.22. The van der Waals surface area contributed by atoms with Gasteiger partial charge < -0.3 is 5.11 Å². The number of unbranched alkanes of at least 4 members (excludes halogenated alkanes) is 1. The zero-order valence-electron chi connectivity index (χ0n) is 11.7. The van der Waals surface area contributed by atoms with Gasteiger partial charge in [-0.1, -0.05) is 39.0 Å². The minimum Gasteiger partial charge on any atom is -0.388 e.